The van der Waals surface area contributed by atoms with Crippen molar-refractivity contribution < 1.29 is 114 Å². The molecule has 13 N–H and O–H groups in total. The molecule has 1 unspecified atom stereocenters. The second kappa shape index (κ2) is 20.2. The van der Waals surface area contributed by atoms with Crippen LogP contribution >= 0.6 is 0 Å². The van der Waals surface area contributed by atoms with E-state index in [2.05, 4.69) is 0 Å². The van der Waals surface area contributed by atoms with Crippen LogP contribution in [0.4, 0.5) is 0 Å². The Hall–Kier alpha value is -5.51. The second-order valence-corrected chi connectivity index (χ2v) is 15.8. The van der Waals surface area contributed by atoms with Crippen molar-refractivity contribution in [2.24, 2.45) is 0 Å². The van der Waals surface area contributed by atoms with Crippen molar-refractivity contribution >= 4 is 18.1 Å². The van der Waals surface area contributed by atoms with Gasteiger partial charge in [0.25, 0.3) is 0 Å². The summed E-state index contributed by atoms with van der Waals surface area (Å²) >= 11 is 0. The number of carbonyl (C=O) groups is 1. The Balaban J connectivity index is 1.11. The number of hydrogen-bond acceptors (Lipinski definition) is 23. The van der Waals surface area contributed by atoms with E-state index >= 15 is 0 Å². The summed E-state index contributed by atoms with van der Waals surface area (Å²) in [5.74, 6) is -3.52. The van der Waals surface area contributed by atoms with Crippen LogP contribution < -0.4 is 14.2 Å². The number of benzene rings is 3. The Kier molecular flexibility index (Phi) is 14.8. The Morgan fingerprint density at radius 2 is 1.33 bits per heavy atom. The standard InChI is InChI=1S/C43H50O23/c1-16-39(66-29(48)8-5-17-3-6-19(45)7-4-17)35(54)38(57)41(60-16)59-15-28-32(51)34(53)37(56)43(65-28)63-26-13-21-23(61-40(26)18-9-22(47)30(49)25(10-18)58-2)11-20(46)12-24(21)62-42-36(55)33(52)31(50)27(14-44)64-42/h3-13,16,27-28,31-47,49-57H,14-15H2,1-2H3/b8-5+/t16-,27-,28+,31-,32-,33-,34+,35+,36+,37+,38-,39-,40?,41+,42+,43+/m0/s1. The molecule has 3 saturated heterocycles. The first-order valence-electron chi connectivity index (χ1n) is 20.4. The van der Waals surface area contributed by atoms with Crippen LogP contribution in [0.5, 0.6) is 40.2 Å². The maximum Gasteiger partial charge on any atom is 0.331 e. The normalized spacial score (nSPS) is 34.4. The summed E-state index contributed by atoms with van der Waals surface area (Å²) in [4.78, 5) is 12.6. The summed E-state index contributed by atoms with van der Waals surface area (Å²) in [6.45, 7) is -0.0178. The molecule has 66 heavy (non-hydrogen) atoms. The fourth-order valence-corrected chi connectivity index (χ4v) is 7.57. The van der Waals surface area contributed by atoms with Crippen molar-refractivity contribution in [2.75, 3.05) is 20.3 Å². The van der Waals surface area contributed by atoms with Crippen molar-refractivity contribution in [1.82, 2.24) is 0 Å². The van der Waals surface area contributed by atoms with Crippen LogP contribution in [0.3, 0.4) is 0 Å². The molecule has 0 saturated carbocycles. The van der Waals surface area contributed by atoms with Crippen LogP contribution in [0.2, 0.25) is 0 Å². The second-order valence-electron chi connectivity index (χ2n) is 15.8. The van der Waals surface area contributed by atoms with E-state index in [9.17, 15) is 71.2 Å². The number of aromatic hydroxyl groups is 4. The van der Waals surface area contributed by atoms with Gasteiger partial charge in [0.15, 0.2) is 30.0 Å². The zero-order chi connectivity index (χ0) is 47.7. The van der Waals surface area contributed by atoms with Crippen molar-refractivity contribution in [3.05, 3.63) is 77.1 Å². The average Bonchev–Trinajstić information content (AvgIpc) is 3.29. The summed E-state index contributed by atoms with van der Waals surface area (Å²) < 4.78 is 51.5. The number of rotatable bonds is 13. The number of methoxy groups -OCH3 is 1. The van der Waals surface area contributed by atoms with E-state index in [4.69, 9.17) is 42.6 Å². The van der Waals surface area contributed by atoms with Crippen molar-refractivity contribution in [2.45, 2.75) is 105 Å². The molecule has 23 nitrogen and oxygen atoms in total. The molecule has 4 aliphatic rings. The predicted octanol–water partition coefficient (Wildman–Crippen LogP) is -1.90. The number of aliphatic hydroxyl groups is 9. The molecule has 0 aromatic heterocycles. The molecule has 3 aromatic rings. The fraction of sp³-hybridized carbons (Fsp3) is 0.465. The van der Waals surface area contributed by atoms with Gasteiger partial charge in [0.1, 0.15) is 89.8 Å². The number of aliphatic hydroxyl groups excluding tert-OH is 9. The van der Waals surface area contributed by atoms with Gasteiger partial charge in [-0.2, -0.15) is 0 Å². The van der Waals surface area contributed by atoms with Crippen molar-refractivity contribution in [1.29, 1.82) is 0 Å². The van der Waals surface area contributed by atoms with Gasteiger partial charge in [-0.15, -0.1) is 0 Å². The first-order valence-corrected chi connectivity index (χ1v) is 20.4. The summed E-state index contributed by atoms with van der Waals surface area (Å²) in [7, 11) is 1.20. The molecule has 0 aliphatic carbocycles. The van der Waals surface area contributed by atoms with Gasteiger partial charge in [0.2, 0.25) is 18.3 Å². The quantitative estimate of drug-likeness (QED) is 0.0506. The summed E-state index contributed by atoms with van der Waals surface area (Å²) in [6.07, 6.45) is -23.1. The summed E-state index contributed by atoms with van der Waals surface area (Å²) in [5.41, 5.74) is 0.564. The van der Waals surface area contributed by atoms with Crippen LogP contribution in [0, 0.1) is 0 Å². The lowest BCUT2D eigenvalue weighted by Gasteiger charge is -2.43. The Labute approximate surface area is 374 Å². The first-order chi connectivity index (χ1) is 31.4. The van der Waals surface area contributed by atoms with E-state index < -0.39 is 135 Å². The molecule has 4 heterocycles. The number of carbonyl (C=O) groups excluding carboxylic acids is 1. The summed E-state index contributed by atoms with van der Waals surface area (Å²) in [5, 5.41) is 137. The lowest BCUT2D eigenvalue weighted by atomic mass is 9.97. The van der Waals surface area contributed by atoms with Crippen LogP contribution in [0.1, 0.15) is 29.7 Å². The predicted molar refractivity (Wildman–Crippen MR) is 217 cm³/mol. The highest BCUT2D eigenvalue weighted by atomic mass is 16.7. The van der Waals surface area contributed by atoms with Crippen molar-refractivity contribution in [3.63, 3.8) is 0 Å². The molecule has 0 radical (unpaired) electrons. The minimum Gasteiger partial charge on any atom is -0.508 e. The van der Waals surface area contributed by atoms with E-state index in [-0.39, 0.29) is 39.9 Å². The number of esters is 1. The highest BCUT2D eigenvalue weighted by Gasteiger charge is 2.50. The third-order valence-corrected chi connectivity index (χ3v) is 11.2. The largest absolute Gasteiger partial charge is 0.508 e. The molecule has 0 spiro atoms. The molecular weight excluding hydrogens is 884 g/mol. The smallest absolute Gasteiger partial charge is 0.331 e. The SMILES string of the molecule is COc1cc(C2Oc3cc(O)cc(O[C@@H]4O[C@@H](CO)[C@H](O)[C@H](O)[C@H]4O)c3C=C2O[C@@H]2O[C@H](CO[C@@H]3O[C@@H](C)[C@H](OC(=O)/C=C/c4ccc(O)cc4)[C@H](O)[C@@H]3O)[C@H](O)[C@@H](O)[C@H]2O)cc(O)c1O. The van der Waals surface area contributed by atoms with Gasteiger partial charge in [-0.1, -0.05) is 12.1 Å². The Bertz CT molecular complexity index is 2230. The summed E-state index contributed by atoms with van der Waals surface area (Å²) in [6, 6.07) is 10.5. The first kappa shape index (κ1) is 48.4. The number of phenols is 4. The van der Waals surface area contributed by atoms with E-state index in [0.717, 1.165) is 24.3 Å². The Morgan fingerprint density at radius 3 is 2.00 bits per heavy atom. The van der Waals surface area contributed by atoms with Crippen molar-refractivity contribution in [3.8, 4) is 40.2 Å². The molecule has 3 fully saturated rings. The van der Waals surface area contributed by atoms with Gasteiger partial charge in [0.05, 0.1) is 32.0 Å². The Morgan fingerprint density at radius 1 is 0.697 bits per heavy atom. The van der Waals surface area contributed by atoms with Gasteiger partial charge < -0.3 is 109 Å². The molecule has 360 valence electrons. The van der Waals surface area contributed by atoms with E-state index in [1.54, 1.807) is 12.1 Å². The highest BCUT2D eigenvalue weighted by molar-refractivity contribution is 5.87. The monoisotopic (exact) mass is 934 g/mol. The molecule has 3 aromatic carbocycles. The molecule has 16 atom stereocenters. The van der Waals surface area contributed by atoms with E-state index in [1.807, 2.05) is 0 Å². The third-order valence-electron chi connectivity index (χ3n) is 11.2. The molecule has 7 rings (SSSR count). The van der Waals surface area contributed by atoms with Gasteiger partial charge in [0, 0.05) is 23.8 Å². The van der Waals surface area contributed by atoms with E-state index in [0.29, 0.717) is 5.56 Å². The lowest BCUT2D eigenvalue weighted by molar-refractivity contribution is -0.325. The lowest BCUT2D eigenvalue weighted by Crippen LogP contribution is -2.61. The maximum absolute atomic E-state index is 12.6. The number of ether oxygens (including phenoxy) is 9. The molecule has 0 bridgehead atoms. The molecular formula is C43H50O23. The molecule has 4 aliphatic heterocycles. The minimum atomic E-state index is -2.00. The average molecular weight is 935 g/mol. The highest BCUT2D eigenvalue weighted by Crippen LogP contribution is 2.48. The van der Waals surface area contributed by atoms with Crippen LogP contribution in [0.25, 0.3) is 12.2 Å². The van der Waals surface area contributed by atoms with Gasteiger partial charge in [-0.05, 0) is 48.9 Å². The van der Waals surface area contributed by atoms with Gasteiger partial charge in [-0.25, -0.2) is 4.79 Å². The zero-order valence-corrected chi connectivity index (χ0v) is 34.9. The van der Waals surface area contributed by atoms with Crippen LogP contribution in [-0.2, 0) is 33.2 Å². The third kappa shape index (κ3) is 10.1. The van der Waals surface area contributed by atoms with Crippen LogP contribution in [0.15, 0.2) is 60.4 Å². The van der Waals surface area contributed by atoms with Crippen LogP contribution in [-0.4, -0.2) is 185 Å². The number of hydrogen-bond donors (Lipinski definition) is 13. The molecule has 0 amide bonds. The van der Waals surface area contributed by atoms with Gasteiger partial charge >= 0.3 is 5.97 Å². The zero-order valence-electron chi connectivity index (χ0n) is 34.9. The topological polar surface area (TPSA) is 363 Å². The minimum absolute atomic E-state index is 0.0241. The van der Waals surface area contributed by atoms with Gasteiger partial charge in [-0.3, -0.25) is 0 Å². The number of phenolic OH excluding ortho intramolecular Hbond substituents is 4. The number of fused-ring (bicyclic) bond motifs is 1. The maximum atomic E-state index is 12.6. The molecule has 23 heteroatoms. The fourth-order valence-electron chi connectivity index (χ4n) is 7.57. The van der Waals surface area contributed by atoms with E-state index in [1.165, 1.54) is 44.4 Å².